The minimum absolute atomic E-state index is 0.391. The summed E-state index contributed by atoms with van der Waals surface area (Å²) >= 11 is 0. The maximum Gasteiger partial charge on any atom is 0.417 e. The highest BCUT2D eigenvalue weighted by atomic mass is 19.4. The van der Waals surface area contributed by atoms with Gasteiger partial charge >= 0.3 is 6.18 Å². The van der Waals surface area contributed by atoms with E-state index in [1.165, 1.54) is 12.1 Å². The minimum Gasteiger partial charge on any atom is -0.355 e. The van der Waals surface area contributed by atoms with Gasteiger partial charge in [0.15, 0.2) is 5.82 Å². The van der Waals surface area contributed by atoms with Crippen LogP contribution in [0.3, 0.4) is 0 Å². The first-order valence-electron chi connectivity index (χ1n) is 10.5. The van der Waals surface area contributed by atoms with Crippen molar-refractivity contribution < 1.29 is 18.0 Å². The molecule has 1 N–H and O–H groups in total. The van der Waals surface area contributed by atoms with Crippen molar-refractivity contribution in [3.8, 4) is 11.3 Å². The first kappa shape index (κ1) is 21.8. The van der Waals surface area contributed by atoms with Crippen LogP contribution in [0, 0.1) is 5.92 Å². The van der Waals surface area contributed by atoms with Crippen molar-refractivity contribution in [1.29, 1.82) is 0 Å². The zero-order valence-corrected chi connectivity index (χ0v) is 17.6. The number of halogens is 3. The Bertz CT molecular complexity index is 1070. The number of amides is 1. The molecule has 1 fully saturated rings. The summed E-state index contributed by atoms with van der Waals surface area (Å²) in [5.41, 5.74) is 0.484. The van der Waals surface area contributed by atoms with Crippen molar-refractivity contribution in [3.63, 3.8) is 0 Å². The van der Waals surface area contributed by atoms with Crippen LogP contribution in [0.2, 0.25) is 0 Å². The van der Waals surface area contributed by atoms with Gasteiger partial charge in [0.1, 0.15) is 0 Å². The molecule has 0 spiro atoms. The van der Waals surface area contributed by atoms with E-state index in [-0.39, 0.29) is 0 Å². The van der Waals surface area contributed by atoms with Crippen LogP contribution in [-0.4, -0.2) is 29.2 Å². The van der Waals surface area contributed by atoms with E-state index in [9.17, 15) is 18.0 Å². The molecule has 0 unspecified atom stereocenters. The smallest absolute Gasteiger partial charge is 0.355 e. The molecule has 1 aliphatic heterocycles. The van der Waals surface area contributed by atoms with Crippen molar-refractivity contribution >= 4 is 17.4 Å². The second-order valence-corrected chi connectivity index (χ2v) is 8.02. The molecular weight excluding hydrogens is 417 g/mol. The average molecular weight is 440 g/mol. The first-order chi connectivity index (χ1) is 15.3. The van der Waals surface area contributed by atoms with Gasteiger partial charge in [0.2, 0.25) is 0 Å². The van der Waals surface area contributed by atoms with E-state index in [0.29, 0.717) is 11.4 Å². The number of carbonyl (C=O) groups is 1. The number of benzene rings is 2. The molecule has 2 aromatic carbocycles. The number of alkyl halides is 3. The second kappa shape index (κ2) is 8.98. The molecule has 4 rings (SSSR count). The van der Waals surface area contributed by atoms with Gasteiger partial charge in [-0.25, -0.2) is 0 Å². The molecule has 8 heteroatoms. The van der Waals surface area contributed by atoms with E-state index in [1.54, 1.807) is 24.3 Å². The summed E-state index contributed by atoms with van der Waals surface area (Å²) in [5, 5.41) is 11.2. The van der Waals surface area contributed by atoms with Crippen molar-refractivity contribution in [2.24, 2.45) is 5.92 Å². The van der Waals surface area contributed by atoms with Crippen LogP contribution in [0.5, 0.6) is 0 Å². The number of hydrogen-bond acceptors (Lipinski definition) is 4. The molecule has 166 valence electrons. The number of anilines is 2. The second-order valence-electron chi connectivity index (χ2n) is 8.02. The topological polar surface area (TPSA) is 58.1 Å². The molecule has 1 aromatic heterocycles. The number of nitrogens with zero attached hydrogens (tertiary/aromatic N) is 3. The third kappa shape index (κ3) is 4.90. The van der Waals surface area contributed by atoms with E-state index in [4.69, 9.17) is 0 Å². The van der Waals surface area contributed by atoms with Crippen molar-refractivity contribution in [2.75, 3.05) is 23.3 Å². The van der Waals surface area contributed by atoms with Crippen molar-refractivity contribution in [3.05, 3.63) is 71.8 Å². The Hall–Kier alpha value is -3.42. The lowest BCUT2D eigenvalue weighted by Gasteiger charge is -2.30. The summed E-state index contributed by atoms with van der Waals surface area (Å²) in [6.07, 6.45) is -2.32. The third-order valence-corrected chi connectivity index (χ3v) is 5.67. The summed E-state index contributed by atoms with van der Waals surface area (Å²) in [6.45, 7) is 4.20. The Morgan fingerprint density at radius 2 is 1.66 bits per heavy atom. The van der Waals surface area contributed by atoms with Crippen LogP contribution in [0.25, 0.3) is 11.3 Å². The number of piperidine rings is 1. The summed E-state index contributed by atoms with van der Waals surface area (Å²) in [4.78, 5) is 14.6. The van der Waals surface area contributed by atoms with Crippen LogP contribution in [-0.2, 0) is 6.18 Å². The molecule has 1 aliphatic rings. The van der Waals surface area contributed by atoms with Gasteiger partial charge in [-0.3, -0.25) is 4.79 Å². The number of nitrogens with one attached hydrogen (secondary N) is 1. The quantitative estimate of drug-likeness (QED) is 0.570. The molecule has 0 atom stereocenters. The monoisotopic (exact) mass is 440 g/mol. The molecule has 0 saturated carbocycles. The van der Waals surface area contributed by atoms with Crippen molar-refractivity contribution in [1.82, 2.24) is 10.2 Å². The zero-order valence-electron chi connectivity index (χ0n) is 17.6. The van der Waals surface area contributed by atoms with E-state index in [1.807, 2.05) is 12.1 Å². The number of aromatic nitrogens is 2. The van der Waals surface area contributed by atoms with Gasteiger partial charge in [-0.15, -0.1) is 10.2 Å². The SMILES string of the molecule is CC1CCN(c2ccc(-c3ccc(NC(=O)c4ccccc4C(F)(F)F)cc3)nn2)CC1. The van der Waals surface area contributed by atoms with Gasteiger partial charge in [-0.05, 0) is 55.2 Å². The highest BCUT2D eigenvalue weighted by Gasteiger charge is 2.34. The number of rotatable bonds is 4. The van der Waals surface area contributed by atoms with Crippen LogP contribution >= 0.6 is 0 Å². The normalized spacial score (nSPS) is 14.9. The van der Waals surface area contributed by atoms with E-state index in [0.717, 1.165) is 55.4 Å². The highest BCUT2D eigenvalue weighted by molar-refractivity contribution is 6.05. The van der Waals surface area contributed by atoms with Gasteiger partial charge in [-0.1, -0.05) is 31.2 Å². The Kier molecular flexibility index (Phi) is 6.12. The summed E-state index contributed by atoms with van der Waals surface area (Å²) in [7, 11) is 0. The fourth-order valence-corrected chi connectivity index (χ4v) is 3.74. The summed E-state index contributed by atoms with van der Waals surface area (Å²) < 4.78 is 39.5. The van der Waals surface area contributed by atoms with E-state index >= 15 is 0 Å². The van der Waals surface area contributed by atoms with E-state index < -0.39 is 23.2 Å². The molecule has 1 saturated heterocycles. The van der Waals surface area contributed by atoms with Gasteiger partial charge in [0.05, 0.1) is 16.8 Å². The molecule has 0 radical (unpaired) electrons. The molecule has 32 heavy (non-hydrogen) atoms. The van der Waals surface area contributed by atoms with Gasteiger partial charge < -0.3 is 10.2 Å². The van der Waals surface area contributed by atoms with Gasteiger partial charge in [-0.2, -0.15) is 13.2 Å². The van der Waals surface area contributed by atoms with Crippen LogP contribution in [0.4, 0.5) is 24.7 Å². The first-order valence-corrected chi connectivity index (χ1v) is 10.5. The fraction of sp³-hybridized carbons (Fsp3) is 0.292. The lowest BCUT2D eigenvalue weighted by molar-refractivity contribution is -0.137. The zero-order chi connectivity index (χ0) is 22.7. The fourth-order valence-electron chi connectivity index (χ4n) is 3.74. The van der Waals surface area contributed by atoms with Crippen LogP contribution in [0.1, 0.15) is 35.7 Å². The Balaban J connectivity index is 1.44. The molecule has 0 aliphatic carbocycles. The van der Waals surface area contributed by atoms with Crippen molar-refractivity contribution in [2.45, 2.75) is 25.9 Å². The standard InChI is InChI=1S/C24H23F3N4O/c1-16-12-14-31(15-13-16)22-11-10-21(29-30-22)17-6-8-18(9-7-17)28-23(32)19-4-2-3-5-20(19)24(25,26)27/h2-11,16H,12-15H2,1H3,(H,28,32). The van der Waals surface area contributed by atoms with Crippen LogP contribution < -0.4 is 10.2 Å². The maximum absolute atomic E-state index is 13.2. The predicted molar refractivity (Wildman–Crippen MR) is 117 cm³/mol. The Labute approximate surface area is 184 Å². The predicted octanol–water partition coefficient (Wildman–Crippen LogP) is 5.65. The highest BCUT2D eigenvalue weighted by Crippen LogP contribution is 2.32. The number of carbonyl (C=O) groups excluding carboxylic acids is 1. The largest absolute Gasteiger partial charge is 0.417 e. The lowest BCUT2D eigenvalue weighted by atomic mass is 9.99. The lowest BCUT2D eigenvalue weighted by Crippen LogP contribution is -2.33. The Morgan fingerprint density at radius 1 is 0.969 bits per heavy atom. The molecular formula is C24H23F3N4O. The maximum atomic E-state index is 13.2. The molecule has 3 aromatic rings. The summed E-state index contributed by atoms with van der Waals surface area (Å²) in [6, 6.07) is 15.3. The van der Waals surface area contributed by atoms with Gasteiger partial charge in [0.25, 0.3) is 5.91 Å². The average Bonchev–Trinajstić information content (AvgIpc) is 2.80. The van der Waals surface area contributed by atoms with Gasteiger partial charge in [0, 0.05) is 24.3 Å². The van der Waals surface area contributed by atoms with E-state index in [2.05, 4.69) is 27.3 Å². The minimum atomic E-state index is -4.60. The Morgan fingerprint density at radius 3 is 2.28 bits per heavy atom. The van der Waals surface area contributed by atoms with Crippen LogP contribution in [0.15, 0.2) is 60.7 Å². The number of hydrogen-bond donors (Lipinski definition) is 1. The molecule has 5 nitrogen and oxygen atoms in total. The summed E-state index contributed by atoms with van der Waals surface area (Å²) in [5.74, 6) is 0.776. The molecule has 2 heterocycles. The molecule has 1 amide bonds. The third-order valence-electron chi connectivity index (χ3n) is 5.67. The molecule has 0 bridgehead atoms.